The highest BCUT2D eigenvalue weighted by molar-refractivity contribution is 5.71. The first kappa shape index (κ1) is 137. The number of hydrogen-bond donors (Lipinski definition) is 8. The number of rotatable bonds is 106. The van der Waals surface area contributed by atoms with E-state index in [-0.39, 0.29) is 329 Å². The topological polar surface area (TPSA) is 574 Å². The molecule has 0 saturated heterocycles. The third-order valence-electron chi connectivity index (χ3n) is 18.5. The van der Waals surface area contributed by atoms with Crippen LogP contribution in [0.25, 0.3) is 0 Å². The SMILES string of the molecule is CCC(COCC(CC)(COCC(C)(COC(=O)NCCOCCOCCOF)OC(=O)NCCOCCOCCOF)COCC(C)(COC(=O)NCCOCCOCCOF)OC(=O)NCCOCCOCCOF)(COCC(C)(COC(=O)NCCOCCOCCOF)OC(=O)NCCOCCOCCOF)COCC(C)(COC(=O)NCCOCCOCCOF)OC(=O)NCCOCCOCCOF. The van der Waals surface area contributed by atoms with Crippen LogP contribution in [-0.2, 0) is 177 Å². The molecule has 0 rings (SSSR count). The maximum atomic E-state index is 13.8. The van der Waals surface area contributed by atoms with Gasteiger partial charge in [0.1, 0.15) is 79.3 Å². The van der Waals surface area contributed by atoms with Crippen LogP contribution in [-0.4, -0.2) is 480 Å². The summed E-state index contributed by atoms with van der Waals surface area (Å²) in [5.41, 5.74) is -10.4. The molecule has 0 aromatic carbocycles. The number of ether oxygens (including phenoxy) is 29. The van der Waals surface area contributed by atoms with Gasteiger partial charge >= 0.3 is 48.7 Å². The van der Waals surface area contributed by atoms with Crippen molar-refractivity contribution in [2.24, 2.45) is 10.8 Å². The van der Waals surface area contributed by atoms with Crippen LogP contribution in [0.3, 0.4) is 0 Å². The Bertz CT molecular complexity index is 2730. The third-order valence-corrected chi connectivity index (χ3v) is 18.5. The van der Waals surface area contributed by atoms with Gasteiger partial charge in [0.05, 0.1) is 277 Å². The fraction of sp³-hybridized carbons (Fsp3) is 0.905. The van der Waals surface area contributed by atoms with Crippen LogP contribution in [0.15, 0.2) is 0 Å². The summed E-state index contributed by atoms with van der Waals surface area (Å²) in [6.45, 7) is -2.02. The molecule has 0 fully saturated rings. The molecule has 4 atom stereocenters. The fourth-order valence-electron chi connectivity index (χ4n) is 10.9. The highest BCUT2D eigenvalue weighted by Crippen LogP contribution is 2.32. The number of hydrogen-bond acceptors (Lipinski definition) is 45. The van der Waals surface area contributed by atoms with Gasteiger partial charge < -0.3 is 180 Å². The van der Waals surface area contributed by atoms with Crippen LogP contribution in [0.5, 0.6) is 0 Å². The molecule has 0 radical (unpaired) electrons. The predicted octanol–water partition coefficient (Wildman–Crippen LogP) is 4.18. The molecule has 0 spiro atoms. The Morgan fingerprint density at radius 1 is 0.166 bits per heavy atom. The van der Waals surface area contributed by atoms with Crippen LogP contribution in [0.1, 0.15) is 54.4 Å². The first-order valence-corrected chi connectivity index (χ1v) is 46.8. The Morgan fingerprint density at radius 3 is 0.428 bits per heavy atom. The molecule has 856 valence electrons. The lowest BCUT2D eigenvalue weighted by atomic mass is 9.86. The second-order valence-electron chi connectivity index (χ2n) is 31.6. The van der Waals surface area contributed by atoms with E-state index in [2.05, 4.69) is 82.1 Å². The summed E-state index contributed by atoms with van der Waals surface area (Å²) >= 11 is 0. The standard InChI is InChI=1S/C84H154F8N8O45/c1-7-83(65-125-57-79(3,142-75(105)97-13-21-113-29-37-121-45-53-138-89)61-130-71(101)93-9-17-109-25-33-117-41-49-134-85,66-126-58-80(4,143-76(106)98-14-22-114-30-38-122-46-54-139-90)62-131-72(102)94-10-18-110-26-34-118-42-50-135-86)69-129-70-84(8-2,67-127-59-81(5,144-77(107)99-15-23-115-31-39-123-47-55-140-91)63-132-73(103)95-11-19-111-27-35-119-43-51-136-87)68-128-60-82(6,145-78(108)100-16-24-116-32-40-124-48-56-141-92)64-133-74(104)96-12-20-112-28-36-120-44-52-137-88/h7-70H2,1-6H3,(H,93,101)(H,94,102)(H,95,103)(H,96,104)(H,97,105)(H,98,106)(H,99,107)(H,100,108). The van der Waals surface area contributed by atoms with Crippen molar-refractivity contribution in [3.63, 3.8) is 0 Å². The third kappa shape index (κ3) is 84.9. The zero-order valence-electron chi connectivity index (χ0n) is 83.6. The smallest absolute Gasteiger partial charge is 0.407 e. The summed E-state index contributed by atoms with van der Waals surface area (Å²) in [5, 5.41) is 20.2. The minimum absolute atomic E-state index is 0.0347. The molecular weight excluding hydrogens is 1990 g/mol. The van der Waals surface area contributed by atoms with E-state index in [0.717, 1.165) is 0 Å². The molecule has 0 heterocycles. The van der Waals surface area contributed by atoms with Crippen molar-refractivity contribution in [1.82, 2.24) is 42.5 Å². The van der Waals surface area contributed by atoms with E-state index in [4.69, 9.17) is 137 Å². The van der Waals surface area contributed by atoms with E-state index in [1.54, 1.807) is 13.8 Å². The van der Waals surface area contributed by atoms with Gasteiger partial charge in [-0.1, -0.05) is 13.8 Å². The average molecular weight is 2150 g/mol. The molecule has 0 aromatic heterocycles. The molecule has 8 amide bonds. The Balaban J connectivity index is 8.52. The molecule has 4 unspecified atom stereocenters. The molecule has 53 nitrogen and oxygen atoms in total. The van der Waals surface area contributed by atoms with Gasteiger partial charge in [0.2, 0.25) is 0 Å². The van der Waals surface area contributed by atoms with Crippen molar-refractivity contribution < 1.29 is 251 Å². The quantitative estimate of drug-likeness (QED) is 0.0240. The van der Waals surface area contributed by atoms with E-state index in [0.29, 0.717) is 0 Å². The number of alkyl carbamates (subject to hydrolysis) is 8. The molecular formula is C84H154F8N8O45. The average Bonchev–Trinajstić information content (AvgIpc) is 0.858. The molecule has 145 heavy (non-hydrogen) atoms. The van der Waals surface area contributed by atoms with Crippen LogP contribution in [0.4, 0.5) is 74.6 Å². The number of carbonyl (C=O) groups is 8. The lowest BCUT2D eigenvalue weighted by Crippen LogP contribution is -2.49. The summed E-state index contributed by atoms with van der Waals surface area (Å²) in [7, 11) is 0. The second kappa shape index (κ2) is 96.0. The fourth-order valence-corrected chi connectivity index (χ4v) is 10.9. The molecule has 0 aliphatic heterocycles. The summed E-state index contributed by atoms with van der Waals surface area (Å²) < 4.78 is 262. The monoisotopic (exact) mass is 2150 g/mol. The number of carbonyl (C=O) groups excluding carboxylic acids is 8. The lowest BCUT2D eigenvalue weighted by Gasteiger charge is -2.38. The van der Waals surface area contributed by atoms with Crippen molar-refractivity contribution in [3.05, 3.63) is 0 Å². The van der Waals surface area contributed by atoms with E-state index < -0.39 is 174 Å². The van der Waals surface area contributed by atoms with Crippen molar-refractivity contribution >= 4 is 48.7 Å². The van der Waals surface area contributed by atoms with Crippen molar-refractivity contribution in [3.8, 4) is 0 Å². The lowest BCUT2D eigenvalue weighted by molar-refractivity contribution is -0.151. The van der Waals surface area contributed by atoms with Gasteiger partial charge in [0, 0.05) is 63.2 Å². The van der Waals surface area contributed by atoms with Crippen LogP contribution in [0, 0.1) is 10.8 Å². The highest BCUT2D eigenvalue weighted by Gasteiger charge is 2.42. The molecule has 0 aliphatic carbocycles. The highest BCUT2D eigenvalue weighted by atomic mass is 19.3. The maximum Gasteiger partial charge on any atom is 0.407 e. The van der Waals surface area contributed by atoms with Crippen LogP contribution >= 0.6 is 0 Å². The Hall–Kier alpha value is -7.56. The van der Waals surface area contributed by atoms with E-state index >= 15 is 0 Å². The Morgan fingerprint density at radius 2 is 0.290 bits per heavy atom. The summed E-state index contributed by atoms with van der Waals surface area (Å²) in [6, 6.07) is 0. The zero-order valence-corrected chi connectivity index (χ0v) is 83.6. The maximum absolute atomic E-state index is 13.8. The summed E-state index contributed by atoms with van der Waals surface area (Å²) in [6.07, 6.45) is -8.12. The molecule has 61 heteroatoms. The van der Waals surface area contributed by atoms with Gasteiger partial charge in [-0.25, -0.2) is 38.4 Å². The number of nitrogens with one attached hydrogen (secondary N) is 8. The van der Waals surface area contributed by atoms with Gasteiger partial charge in [-0.3, -0.25) is 0 Å². The first-order chi connectivity index (χ1) is 70.3. The normalized spacial score (nSPS) is 13.9. The minimum Gasteiger partial charge on any atom is -0.445 e. The summed E-state index contributed by atoms with van der Waals surface area (Å²) in [5.74, 6) is 0. The number of halogens is 8. The second-order valence-corrected chi connectivity index (χ2v) is 31.6. The molecule has 0 saturated carbocycles. The van der Waals surface area contributed by atoms with Crippen molar-refractivity contribution in [2.45, 2.75) is 76.8 Å². The van der Waals surface area contributed by atoms with Crippen molar-refractivity contribution in [1.29, 1.82) is 0 Å². The zero-order chi connectivity index (χ0) is 107. The van der Waals surface area contributed by atoms with Gasteiger partial charge in [-0.2, -0.15) is 39.5 Å². The minimum atomic E-state index is -1.88. The molecule has 8 N–H and O–H groups in total. The Kier molecular flexibility index (Phi) is 91.0. The first-order valence-electron chi connectivity index (χ1n) is 46.8. The number of amides is 8. The van der Waals surface area contributed by atoms with Gasteiger partial charge in [0.15, 0.2) is 22.4 Å². The van der Waals surface area contributed by atoms with E-state index in [1.165, 1.54) is 27.7 Å². The van der Waals surface area contributed by atoms with Gasteiger partial charge in [-0.15, -0.1) is 0 Å². The van der Waals surface area contributed by atoms with Gasteiger partial charge in [0.25, 0.3) is 0 Å². The van der Waals surface area contributed by atoms with E-state index in [9.17, 15) is 74.6 Å². The summed E-state index contributed by atoms with van der Waals surface area (Å²) in [4.78, 5) is 137. The van der Waals surface area contributed by atoms with Crippen LogP contribution < -0.4 is 42.5 Å². The van der Waals surface area contributed by atoms with Gasteiger partial charge in [-0.05, 0) is 76.7 Å². The Labute approximate surface area is 836 Å². The van der Waals surface area contributed by atoms with Crippen molar-refractivity contribution in [2.75, 3.05) is 409 Å². The van der Waals surface area contributed by atoms with Crippen LogP contribution in [0.2, 0.25) is 0 Å². The predicted molar refractivity (Wildman–Crippen MR) is 478 cm³/mol. The van der Waals surface area contributed by atoms with E-state index in [1.807, 2.05) is 0 Å². The largest absolute Gasteiger partial charge is 0.445 e. The molecule has 0 aliphatic rings. The molecule has 0 bridgehead atoms. The molecule has 0 aromatic rings.